The van der Waals surface area contributed by atoms with Crippen LogP contribution in [0, 0.1) is 5.41 Å². The second-order valence-electron chi connectivity index (χ2n) is 5.17. The van der Waals surface area contributed by atoms with Crippen LogP contribution in [0.5, 0.6) is 5.75 Å². The molecule has 0 fully saturated rings. The standard InChI is InChI=1S/C14H23NOS/c1-14(2,3)13(15-4)10-17-12-9-7-6-8-11(12)16-5/h6-9,13,15H,10H2,1-5H3. The van der Waals surface area contributed by atoms with E-state index in [4.69, 9.17) is 4.74 Å². The summed E-state index contributed by atoms with van der Waals surface area (Å²) in [5, 5.41) is 3.39. The fourth-order valence-corrected chi connectivity index (χ4v) is 3.16. The Morgan fingerprint density at radius 1 is 1.29 bits per heavy atom. The van der Waals surface area contributed by atoms with Crippen molar-refractivity contribution in [1.82, 2.24) is 5.32 Å². The summed E-state index contributed by atoms with van der Waals surface area (Å²) in [6, 6.07) is 8.66. The molecule has 3 heteroatoms. The van der Waals surface area contributed by atoms with Gasteiger partial charge in [0.15, 0.2) is 0 Å². The van der Waals surface area contributed by atoms with Gasteiger partial charge in [-0.05, 0) is 24.6 Å². The summed E-state index contributed by atoms with van der Waals surface area (Å²) >= 11 is 1.84. The molecule has 0 aliphatic carbocycles. The van der Waals surface area contributed by atoms with Crippen LogP contribution in [0.4, 0.5) is 0 Å². The molecule has 1 rings (SSSR count). The lowest BCUT2D eigenvalue weighted by Crippen LogP contribution is -2.40. The number of thioether (sulfide) groups is 1. The highest BCUT2D eigenvalue weighted by molar-refractivity contribution is 7.99. The average Bonchev–Trinajstić information content (AvgIpc) is 2.28. The van der Waals surface area contributed by atoms with Gasteiger partial charge in [0.05, 0.1) is 7.11 Å². The number of rotatable bonds is 5. The molecule has 2 nitrogen and oxygen atoms in total. The molecule has 0 amide bonds. The first kappa shape index (κ1) is 14.4. The number of hydrogen-bond donors (Lipinski definition) is 1. The summed E-state index contributed by atoms with van der Waals surface area (Å²) < 4.78 is 5.36. The van der Waals surface area contributed by atoms with Gasteiger partial charge in [-0.1, -0.05) is 32.9 Å². The first-order valence-corrected chi connectivity index (χ1v) is 6.90. The third kappa shape index (κ3) is 4.25. The van der Waals surface area contributed by atoms with Crippen LogP contribution in [0.15, 0.2) is 29.2 Å². The zero-order valence-electron chi connectivity index (χ0n) is 11.4. The number of hydrogen-bond acceptors (Lipinski definition) is 3. The Balaban J connectivity index is 2.66. The van der Waals surface area contributed by atoms with Crippen molar-refractivity contribution >= 4 is 11.8 Å². The Labute approximate surface area is 109 Å². The van der Waals surface area contributed by atoms with E-state index in [2.05, 4.69) is 38.2 Å². The minimum absolute atomic E-state index is 0.268. The number of ether oxygens (including phenoxy) is 1. The lowest BCUT2D eigenvalue weighted by Gasteiger charge is -2.30. The highest BCUT2D eigenvalue weighted by Crippen LogP contribution is 2.31. The van der Waals surface area contributed by atoms with Gasteiger partial charge in [-0.2, -0.15) is 0 Å². The second-order valence-corrected chi connectivity index (χ2v) is 6.23. The predicted octanol–water partition coefficient (Wildman–Crippen LogP) is 3.42. The van der Waals surface area contributed by atoms with Crippen molar-refractivity contribution in [3.63, 3.8) is 0 Å². The minimum atomic E-state index is 0.268. The Bertz CT molecular complexity index is 346. The predicted molar refractivity (Wildman–Crippen MR) is 76.0 cm³/mol. The van der Waals surface area contributed by atoms with E-state index in [1.165, 1.54) is 4.90 Å². The number of nitrogens with one attached hydrogen (secondary N) is 1. The summed E-state index contributed by atoms with van der Waals surface area (Å²) in [5.74, 6) is 2.00. The highest BCUT2D eigenvalue weighted by atomic mass is 32.2. The molecule has 0 bridgehead atoms. The van der Waals surface area contributed by atoms with Crippen molar-refractivity contribution < 1.29 is 4.74 Å². The van der Waals surface area contributed by atoms with Gasteiger partial charge in [0.1, 0.15) is 5.75 Å². The molecule has 0 radical (unpaired) electrons. The van der Waals surface area contributed by atoms with E-state index >= 15 is 0 Å². The van der Waals surface area contributed by atoms with E-state index in [-0.39, 0.29) is 5.41 Å². The summed E-state index contributed by atoms with van der Waals surface area (Å²) in [6.07, 6.45) is 0. The third-order valence-electron chi connectivity index (χ3n) is 2.87. The van der Waals surface area contributed by atoms with Crippen LogP contribution in [0.3, 0.4) is 0 Å². The van der Waals surface area contributed by atoms with Gasteiger partial charge < -0.3 is 10.1 Å². The van der Waals surface area contributed by atoms with E-state index in [1.54, 1.807) is 7.11 Å². The number of methoxy groups -OCH3 is 1. The molecule has 0 saturated carbocycles. The Morgan fingerprint density at radius 3 is 2.47 bits per heavy atom. The van der Waals surface area contributed by atoms with E-state index in [1.807, 2.05) is 30.9 Å². The van der Waals surface area contributed by atoms with Crippen LogP contribution in [0.25, 0.3) is 0 Å². The van der Waals surface area contributed by atoms with Crippen LogP contribution in [0.1, 0.15) is 20.8 Å². The quantitative estimate of drug-likeness (QED) is 0.812. The van der Waals surface area contributed by atoms with Crippen molar-refractivity contribution in [3.8, 4) is 5.75 Å². The first-order chi connectivity index (χ1) is 7.99. The zero-order valence-corrected chi connectivity index (χ0v) is 12.2. The van der Waals surface area contributed by atoms with Gasteiger partial charge in [-0.15, -0.1) is 11.8 Å². The number of benzene rings is 1. The van der Waals surface area contributed by atoms with Crippen molar-refractivity contribution in [1.29, 1.82) is 0 Å². The summed E-state index contributed by atoms with van der Waals surface area (Å²) in [5.41, 5.74) is 0.268. The number of para-hydroxylation sites is 1. The molecule has 0 aliphatic heterocycles. The van der Waals surface area contributed by atoms with Gasteiger partial charge in [0.25, 0.3) is 0 Å². The van der Waals surface area contributed by atoms with Crippen molar-refractivity contribution in [2.75, 3.05) is 19.9 Å². The maximum Gasteiger partial charge on any atom is 0.132 e. The molecular weight excluding hydrogens is 230 g/mol. The third-order valence-corrected chi connectivity index (χ3v) is 4.02. The Morgan fingerprint density at radius 2 is 1.94 bits per heavy atom. The van der Waals surface area contributed by atoms with Crippen LogP contribution >= 0.6 is 11.8 Å². The largest absolute Gasteiger partial charge is 0.496 e. The molecule has 1 aromatic carbocycles. The maximum absolute atomic E-state index is 5.36. The van der Waals surface area contributed by atoms with Gasteiger partial charge in [0.2, 0.25) is 0 Å². The Hall–Kier alpha value is -0.670. The van der Waals surface area contributed by atoms with Gasteiger partial charge in [-0.3, -0.25) is 0 Å². The van der Waals surface area contributed by atoms with Crippen LogP contribution < -0.4 is 10.1 Å². The zero-order chi connectivity index (χ0) is 12.9. The van der Waals surface area contributed by atoms with Gasteiger partial charge in [0, 0.05) is 16.7 Å². The molecule has 1 N–H and O–H groups in total. The second kappa shape index (κ2) is 6.31. The van der Waals surface area contributed by atoms with Gasteiger partial charge in [-0.25, -0.2) is 0 Å². The van der Waals surface area contributed by atoms with E-state index in [0.717, 1.165) is 11.5 Å². The van der Waals surface area contributed by atoms with Crippen LogP contribution in [-0.4, -0.2) is 26.0 Å². The summed E-state index contributed by atoms with van der Waals surface area (Å²) in [7, 11) is 3.75. The monoisotopic (exact) mass is 253 g/mol. The molecule has 0 heterocycles. The molecule has 17 heavy (non-hydrogen) atoms. The van der Waals surface area contributed by atoms with Crippen molar-refractivity contribution in [2.24, 2.45) is 5.41 Å². The molecule has 1 unspecified atom stereocenters. The Kier molecular flexibility index (Phi) is 5.34. The lowest BCUT2D eigenvalue weighted by molar-refractivity contribution is 0.305. The molecule has 0 aromatic heterocycles. The summed E-state index contributed by atoms with van der Waals surface area (Å²) in [6.45, 7) is 6.78. The average molecular weight is 253 g/mol. The molecule has 0 saturated heterocycles. The van der Waals surface area contributed by atoms with Gasteiger partial charge >= 0.3 is 0 Å². The smallest absolute Gasteiger partial charge is 0.132 e. The lowest BCUT2D eigenvalue weighted by atomic mass is 9.88. The van der Waals surface area contributed by atoms with E-state index < -0.39 is 0 Å². The fraction of sp³-hybridized carbons (Fsp3) is 0.571. The van der Waals surface area contributed by atoms with Crippen molar-refractivity contribution in [2.45, 2.75) is 31.7 Å². The minimum Gasteiger partial charge on any atom is -0.496 e. The molecule has 1 aromatic rings. The molecular formula is C14H23NOS. The molecule has 0 aliphatic rings. The topological polar surface area (TPSA) is 21.3 Å². The van der Waals surface area contributed by atoms with Crippen molar-refractivity contribution in [3.05, 3.63) is 24.3 Å². The fourth-order valence-electron chi connectivity index (χ4n) is 1.68. The molecule has 1 atom stereocenters. The molecule has 96 valence electrons. The van der Waals surface area contributed by atoms with Crippen LogP contribution in [-0.2, 0) is 0 Å². The normalized spacial score (nSPS) is 13.5. The summed E-state index contributed by atoms with van der Waals surface area (Å²) in [4.78, 5) is 1.21. The first-order valence-electron chi connectivity index (χ1n) is 5.92. The van der Waals surface area contributed by atoms with Crippen LogP contribution in [0.2, 0.25) is 0 Å². The highest BCUT2D eigenvalue weighted by Gasteiger charge is 2.23. The maximum atomic E-state index is 5.36. The molecule has 0 spiro atoms. The van der Waals surface area contributed by atoms with E-state index in [0.29, 0.717) is 6.04 Å². The van der Waals surface area contributed by atoms with E-state index in [9.17, 15) is 0 Å². The SMILES string of the molecule is CNC(CSc1ccccc1OC)C(C)(C)C.